The summed E-state index contributed by atoms with van der Waals surface area (Å²) in [5.41, 5.74) is 2.03. The van der Waals surface area contributed by atoms with Gasteiger partial charge in [0.15, 0.2) is 0 Å². The molecule has 0 saturated carbocycles. The first-order valence-electron chi connectivity index (χ1n) is 8.33. The number of amides is 1. The van der Waals surface area contributed by atoms with E-state index in [1.54, 1.807) is 12.6 Å². The number of aryl methyl sites for hydroxylation is 1. The minimum atomic E-state index is -0.186. The van der Waals surface area contributed by atoms with E-state index < -0.39 is 0 Å². The van der Waals surface area contributed by atoms with Crippen molar-refractivity contribution in [3.63, 3.8) is 0 Å². The average molecular weight is 330 g/mol. The second kappa shape index (κ2) is 6.41. The van der Waals surface area contributed by atoms with Gasteiger partial charge in [0.25, 0.3) is 0 Å². The molecular formula is C17H22N4O3. The van der Waals surface area contributed by atoms with E-state index >= 15 is 0 Å². The Balaban J connectivity index is 1.58. The number of carbonyl (C=O) groups excluding carboxylic acids is 1. The van der Waals surface area contributed by atoms with Crippen molar-refractivity contribution in [3.8, 4) is 0 Å². The molecule has 2 aromatic rings. The summed E-state index contributed by atoms with van der Waals surface area (Å²) >= 11 is 0. The van der Waals surface area contributed by atoms with Gasteiger partial charge in [0.2, 0.25) is 5.91 Å². The Hall–Kier alpha value is -2.12. The van der Waals surface area contributed by atoms with Crippen LogP contribution in [-0.2, 0) is 29.7 Å². The summed E-state index contributed by atoms with van der Waals surface area (Å²) in [6.45, 7) is 4.68. The number of furan rings is 1. The van der Waals surface area contributed by atoms with Gasteiger partial charge in [-0.05, 0) is 12.1 Å². The van der Waals surface area contributed by atoms with Crippen LogP contribution in [0.15, 0.2) is 29.1 Å². The maximum absolute atomic E-state index is 13.1. The SMILES string of the molecule is Cn1cnc2c1[C@@H](C(=O)N1CCOCC1)CN(Cc1ccco1)C2. The molecule has 128 valence electrons. The van der Waals surface area contributed by atoms with Crippen LogP contribution in [0, 0.1) is 0 Å². The molecule has 2 aliphatic heterocycles. The number of rotatable bonds is 3. The Labute approximate surface area is 140 Å². The lowest BCUT2D eigenvalue weighted by molar-refractivity contribution is -0.138. The highest BCUT2D eigenvalue weighted by Crippen LogP contribution is 2.30. The van der Waals surface area contributed by atoms with E-state index in [0.717, 1.165) is 23.7 Å². The van der Waals surface area contributed by atoms with Gasteiger partial charge in [-0.2, -0.15) is 0 Å². The fourth-order valence-electron chi connectivity index (χ4n) is 3.62. The topological polar surface area (TPSA) is 63.7 Å². The van der Waals surface area contributed by atoms with Gasteiger partial charge < -0.3 is 18.6 Å². The summed E-state index contributed by atoms with van der Waals surface area (Å²) in [6.07, 6.45) is 3.49. The molecule has 1 amide bonds. The number of aromatic nitrogens is 2. The maximum Gasteiger partial charge on any atom is 0.233 e. The number of morpholine rings is 1. The zero-order valence-electron chi connectivity index (χ0n) is 13.9. The van der Waals surface area contributed by atoms with Crippen molar-refractivity contribution < 1.29 is 13.9 Å². The highest BCUT2D eigenvalue weighted by Gasteiger charge is 2.36. The summed E-state index contributed by atoms with van der Waals surface area (Å²) in [4.78, 5) is 21.8. The molecule has 7 nitrogen and oxygen atoms in total. The maximum atomic E-state index is 13.1. The molecule has 1 fully saturated rings. The van der Waals surface area contributed by atoms with Crippen LogP contribution in [0.1, 0.15) is 23.1 Å². The van der Waals surface area contributed by atoms with Gasteiger partial charge >= 0.3 is 0 Å². The lowest BCUT2D eigenvalue weighted by Crippen LogP contribution is -2.47. The summed E-state index contributed by atoms with van der Waals surface area (Å²) in [5, 5.41) is 0. The van der Waals surface area contributed by atoms with Crippen molar-refractivity contribution in [2.24, 2.45) is 7.05 Å². The Morgan fingerprint density at radius 2 is 2.21 bits per heavy atom. The average Bonchev–Trinajstić information content (AvgIpc) is 3.25. The molecule has 1 atom stereocenters. The minimum Gasteiger partial charge on any atom is -0.468 e. The predicted octanol–water partition coefficient (Wildman–Crippen LogP) is 0.971. The molecule has 2 aromatic heterocycles. The quantitative estimate of drug-likeness (QED) is 0.839. The lowest BCUT2D eigenvalue weighted by atomic mass is 9.96. The number of nitrogens with zero attached hydrogens (tertiary/aromatic N) is 4. The van der Waals surface area contributed by atoms with Crippen molar-refractivity contribution in [1.29, 1.82) is 0 Å². The summed E-state index contributed by atoms with van der Waals surface area (Å²) < 4.78 is 12.8. The second-order valence-electron chi connectivity index (χ2n) is 6.43. The second-order valence-corrected chi connectivity index (χ2v) is 6.43. The molecule has 0 radical (unpaired) electrons. The molecule has 4 rings (SSSR count). The van der Waals surface area contributed by atoms with E-state index in [-0.39, 0.29) is 11.8 Å². The molecule has 0 N–H and O–H groups in total. The number of ether oxygens (including phenoxy) is 1. The van der Waals surface area contributed by atoms with E-state index in [1.807, 2.05) is 28.6 Å². The number of hydrogen-bond donors (Lipinski definition) is 0. The molecule has 7 heteroatoms. The highest BCUT2D eigenvalue weighted by atomic mass is 16.5. The summed E-state index contributed by atoms with van der Waals surface area (Å²) in [7, 11) is 1.97. The number of imidazole rings is 1. The molecule has 0 bridgehead atoms. The van der Waals surface area contributed by atoms with E-state index in [0.29, 0.717) is 39.4 Å². The Morgan fingerprint density at radius 1 is 1.38 bits per heavy atom. The Bertz CT molecular complexity index is 703. The number of carbonyl (C=O) groups is 1. The third-order valence-electron chi connectivity index (χ3n) is 4.79. The van der Waals surface area contributed by atoms with Gasteiger partial charge in [0.1, 0.15) is 5.76 Å². The normalized spacial score (nSPS) is 21.7. The van der Waals surface area contributed by atoms with E-state index in [4.69, 9.17) is 9.15 Å². The fourth-order valence-corrected chi connectivity index (χ4v) is 3.62. The van der Waals surface area contributed by atoms with Crippen LogP contribution in [0.2, 0.25) is 0 Å². The first-order valence-corrected chi connectivity index (χ1v) is 8.33. The van der Waals surface area contributed by atoms with Crippen LogP contribution >= 0.6 is 0 Å². The summed E-state index contributed by atoms with van der Waals surface area (Å²) in [6, 6.07) is 3.86. The molecule has 1 saturated heterocycles. The van der Waals surface area contributed by atoms with Crippen LogP contribution in [0.4, 0.5) is 0 Å². The van der Waals surface area contributed by atoms with Gasteiger partial charge in [-0.15, -0.1) is 0 Å². The molecule has 4 heterocycles. The van der Waals surface area contributed by atoms with Gasteiger partial charge in [-0.25, -0.2) is 4.98 Å². The van der Waals surface area contributed by atoms with E-state index in [9.17, 15) is 4.79 Å². The molecule has 0 spiro atoms. The fraction of sp³-hybridized carbons (Fsp3) is 0.529. The van der Waals surface area contributed by atoms with Crippen molar-refractivity contribution in [2.75, 3.05) is 32.8 Å². The zero-order valence-corrected chi connectivity index (χ0v) is 13.9. The van der Waals surface area contributed by atoms with Crippen LogP contribution in [0.25, 0.3) is 0 Å². The van der Waals surface area contributed by atoms with Crippen molar-refractivity contribution in [1.82, 2.24) is 19.4 Å². The standard InChI is InChI=1S/C17H22N4O3/c1-19-12-18-15-11-20(9-13-3-2-6-24-13)10-14(16(15)19)17(22)21-4-7-23-8-5-21/h2-3,6,12,14H,4-5,7-11H2,1H3/t14-/m0/s1. The molecular weight excluding hydrogens is 308 g/mol. The number of hydrogen-bond acceptors (Lipinski definition) is 5. The third-order valence-corrected chi connectivity index (χ3v) is 4.79. The third kappa shape index (κ3) is 2.85. The molecule has 0 aliphatic carbocycles. The van der Waals surface area contributed by atoms with Gasteiger partial charge in [-0.1, -0.05) is 0 Å². The Kier molecular flexibility index (Phi) is 4.12. The Morgan fingerprint density at radius 3 is 2.96 bits per heavy atom. The van der Waals surface area contributed by atoms with Crippen molar-refractivity contribution >= 4 is 5.91 Å². The van der Waals surface area contributed by atoms with Crippen LogP contribution < -0.4 is 0 Å². The highest BCUT2D eigenvalue weighted by molar-refractivity contribution is 5.84. The predicted molar refractivity (Wildman–Crippen MR) is 86.2 cm³/mol. The van der Waals surface area contributed by atoms with Gasteiger partial charge in [0, 0.05) is 33.2 Å². The minimum absolute atomic E-state index is 0.173. The zero-order chi connectivity index (χ0) is 16.5. The van der Waals surface area contributed by atoms with E-state index in [1.165, 1.54) is 0 Å². The molecule has 0 aromatic carbocycles. The van der Waals surface area contributed by atoms with Gasteiger partial charge in [-0.3, -0.25) is 9.69 Å². The first kappa shape index (κ1) is 15.4. The monoisotopic (exact) mass is 330 g/mol. The van der Waals surface area contributed by atoms with E-state index in [2.05, 4.69) is 9.88 Å². The molecule has 0 unspecified atom stereocenters. The van der Waals surface area contributed by atoms with Crippen LogP contribution in [0.3, 0.4) is 0 Å². The smallest absolute Gasteiger partial charge is 0.233 e. The van der Waals surface area contributed by atoms with Crippen molar-refractivity contribution in [2.45, 2.75) is 19.0 Å². The van der Waals surface area contributed by atoms with Crippen LogP contribution in [-0.4, -0.2) is 58.1 Å². The van der Waals surface area contributed by atoms with Crippen LogP contribution in [0.5, 0.6) is 0 Å². The largest absolute Gasteiger partial charge is 0.468 e. The van der Waals surface area contributed by atoms with Gasteiger partial charge in [0.05, 0.1) is 49.7 Å². The first-order chi connectivity index (χ1) is 11.7. The molecule has 2 aliphatic rings. The lowest BCUT2D eigenvalue weighted by Gasteiger charge is -2.36. The number of fused-ring (bicyclic) bond motifs is 1. The van der Waals surface area contributed by atoms with Crippen molar-refractivity contribution in [3.05, 3.63) is 41.9 Å². The molecule has 24 heavy (non-hydrogen) atoms. The summed E-state index contributed by atoms with van der Waals surface area (Å²) in [5.74, 6) is 0.897.